The van der Waals surface area contributed by atoms with E-state index in [1.807, 2.05) is 31.2 Å². The maximum absolute atomic E-state index is 12.0. The molecule has 0 bridgehead atoms. The van der Waals surface area contributed by atoms with Crippen LogP contribution >= 0.6 is 11.6 Å². The average Bonchev–Trinajstić information content (AvgIpc) is 2.33. The van der Waals surface area contributed by atoms with Crippen LogP contribution in [0.3, 0.4) is 0 Å². The van der Waals surface area contributed by atoms with Crippen LogP contribution in [0.4, 0.5) is 0 Å². The zero-order valence-electron chi connectivity index (χ0n) is 9.31. The van der Waals surface area contributed by atoms with Gasteiger partial charge in [-0.3, -0.25) is 0 Å². The molecule has 0 N–H and O–H groups in total. The molecule has 0 aliphatic rings. The first-order chi connectivity index (χ1) is 8.15. The van der Waals surface area contributed by atoms with Gasteiger partial charge in [0.05, 0.1) is 0 Å². The summed E-state index contributed by atoms with van der Waals surface area (Å²) in [4.78, 5) is 12.0. The fourth-order valence-electron chi connectivity index (χ4n) is 1.36. The zero-order chi connectivity index (χ0) is 12.3. The summed E-state index contributed by atoms with van der Waals surface area (Å²) in [5.41, 5.74) is 1.94. The van der Waals surface area contributed by atoms with Crippen molar-refractivity contribution in [1.29, 1.82) is 0 Å². The number of rotatable bonds is 3. The van der Waals surface area contributed by atoms with Gasteiger partial charge in [-0.25, -0.2) is 0 Å². The minimum atomic E-state index is -0.165. The monoisotopic (exact) mass is 310 g/mol. The number of aryl methyl sites for hydroxylation is 1. The van der Waals surface area contributed by atoms with E-state index in [0.717, 1.165) is 10.0 Å². The molecule has 0 aliphatic heterocycles. The Balaban J connectivity index is 2.11. The predicted molar refractivity (Wildman–Crippen MR) is 72.3 cm³/mol. The summed E-state index contributed by atoms with van der Waals surface area (Å²) >= 11 is 5.62. The SMILES string of the molecule is Cc1ccc([Se]C(=O)c2ccc(Cl)cc2)cc1. The molecule has 0 aromatic heterocycles. The van der Waals surface area contributed by atoms with E-state index in [2.05, 4.69) is 0 Å². The Morgan fingerprint density at radius 2 is 1.59 bits per heavy atom. The zero-order valence-corrected chi connectivity index (χ0v) is 11.8. The van der Waals surface area contributed by atoms with Crippen LogP contribution < -0.4 is 4.46 Å². The van der Waals surface area contributed by atoms with Crippen LogP contribution in [0.5, 0.6) is 0 Å². The van der Waals surface area contributed by atoms with Crippen molar-refractivity contribution >= 4 is 35.7 Å². The summed E-state index contributed by atoms with van der Waals surface area (Å²) < 4.78 is 1.28. The van der Waals surface area contributed by atoms with Crippen LogP contribution in [-0.4, -0.2) is 19.6 Å². The van der Waals surface area contributed by atoms with Crippen LogP contribution in [0, 0.1) is 6.92 Å². The van der Waals surface area contributed by atoms with Crippen molar-refractivity contribution in [3.8, 4) is 0 Å². The molecule has 2 rings (SSSR count). The number of carbonyl (C=O) groups excluding carboxylic acids is 1. The quantitative estimate of drug-likeness (QED) is 0.797. The second-order valence-electron chi connectivity index (χ2n) is 3.71. The molecule has 0 saturated heterocycles. The van der Waals surface area contributed by atoms with Crippen molar-refractivity contribution in [2.45, 2.75) is 6.92 Å². The van der Waals surface area contributed by atoms with Gasteiger partial charge in [-0.15, -0.1) is 0 Å². The molecular weight excluding hydrogens is 299 g/mol. The van der Waals surface area contributed by atoms with Crippen LogP contribution in [0.2, 0.25) is 5.02 Å². The third-order valence-electron chi connectivity index (χ3n) is 2.31. The third kappa shape index (κ3) is 3.44. The molecule has 0 aliphatic carbocycles. The molecule has 2 aromatic carbocycles. The molecule has 0 atom stereocenters. The molecule has 0 saturated carbocycles. The molecule has 0 unspecified atom stereocenters. The first-order valence-corrected chi connectivity index (χ1v) is 7.29. The van der Waals surface area contributed by atoms with E-state index >= 15 is 0 Å². The van der Waals surface area contributed by atoms with Gasteiger partial charge in [0, 0.05) is 0 Å². The van der Waals surface area contributed by atoms with E-state index in [9.17, 15) is 4.79 Å². The Bertz CT molecular complexity index is 517. The van der Waals surface area contributed by atoms with Crippen LogP contribution in [0.1, 0.15) is 15.9 Å². The molecule has 3 heteroatoms. The Hall–Kier alpha value is -1.08. The van der Waals surface area contributed by atoms with Gasteiger partial charge >= 0.3 is 112 Å². The Labute approximate surface area is 112 Å². The molecular formula is C14H11ClOSe. The summed E-state index contributed by atoms with van der Waals surface area (Å²) in [6.07, 6.45) is 0. The summed E-state index contributed by atoms with van der Waals surface area (Å²) in [6, 6.07) is 15.2. The van der Waals surface area contributed by atoms with Gasteiger partial charge in [0.15, 0.2) is 0 Å². The summed E-state index contributed by atoms with van der Waals surface area (Å²) in [5, 5.41) is 0.657. The maximum atomic E-state index is 12.0. The summed E-state index contributed by atoms with van der Waals surface area (Å²) in [5.74, 6) is 0. The normalized spacial score (nSPS) is 10.2. The van der Waals surface area contributed by atoms with Crippen LogP contribution in [0.25, 0.3) is 0 Å². The van der Waals surface area contributed by atoms with Gasteiger partial charge in [0.2, 0.25) is 0 Å². The predicted octanol–water partition coefficient (Wildman–Crippen LogP) is 2.82. The van der Waals surface area contributed by atoms with Crippen LogP contribution in [0.15, 0.2) is 48.5 Å². The Kier molecular flexibility index (Phi) is 4.01. The average molecular weight is 310 g/mol. The van der Waals surface area contributed by atoms with E-state index in [-0.39, 0.29) is 19.6 Å². The van der Waals surface area contributed by atoms with Gasteiger partial charge in [0.25, 0.3) is 0 Å². The fraction of sp³-hybridized carbons (Fsp3) is 0.0714. The number of hydrogen-bond acceptors (Lipinski definition) is 1. The molecule has 0 fully saturated rings. The Morgan fingerprint density at radius 3 is 2.18 bits per heavy atom. The third-order valence-corrected chi connectivity index (χ3v) is 4.51. The summed E-state index contributed by atoms with van der Waals surface area (Å²) in [6.45, 7) is 2.04. The molecule has 0 spiro atoms. The number of halogens is 1. The van der Waals surface area contributed by atoms with Crippen molar-refractivity contribution in [2.24, 2.45) is 0 Å². The van der Waals surface area contributed by atoms with Gasteiger partial charge < -0.3 is 0 Å². The van der Waals surface area contributed by atoms with Crippen molar-refractivity contribution in [1.82, 2.24) is 0 Å². The van der Waals surface area contributed by atoms with Gasteiger partial charge in [-0.1, -0.05) is 0 Å². The van der Waals surface area contributed by atoms with E-state index in [4.69, 9.17) is 11.6 Å². The molecule has 0 heterocycles. The van der Waals surface area contributed by atoms with Crippen molar-refractivity contribution in [3.05, 3.63) is 64.7 Å². The van der Waals surface area contributed by atoms with Crippen molar-refractivity contribution < 1.29 is 4.79 Å². The minimum absolute atomic E-state index is 0.165. The standard InChI is InChI=1S/C14H11ClOSe/c1-10-2-8-13(9-3-10)17-14(16)11-4-6-12(15)7-5-11/h2-9H,1H3. The molecule has 1 nitrogen and oxygen atoms in total. The van der Waals surface area contributed by atoms with Crippen molar-refractivity contribution in [2.75, 3.05) is 0 Å². The van der Waals surface area contributed by atoms with Gasteiger partial charge in [0.1, 0.15) is 0 Å². The van der Waals surface area contributed by atoms with Gasteiger partial charge in [-0.05, 0) is 0 Å². The van der Waals surface area contributed by atoms with E-state index < -0.39 is 0 Å². The summed E-state index contributed by atoms with van der Waals surface area (Å²) in [7, 11) is 0. The topological polar surface area (TPSA) is 17.1 Å². The van der Waals surface area contributed by atoms with Crippen LogP contribution in [-0.2, 0) is 0 Å². The number of benzene rings is 2. The molecule has 2 aromatic rings. The first-order valence-electron chi connectivity index (χ1n) is 5.19. The fourth-order valence-corrected chi connectivity index (χ4v) is 3.04. The molecule has 0 radical (unpaired) electrons. The Morgan fingerprint density at radius 1 is 1.00 bits per heavy atom. The van der Waals surface area contributed by atoms with E-state index in [0.29, 0.717) is 5.02 Å². The van der Waals surface area contributed by atoms with Crippen molar-refractivity contribution in [3.63, 3.8) is 0 Å². The molecule has 86 valence electrons. The first kappa shape index (κ1) is 12.4. The van der Waals surface area contributed by atoms with Gasteiger partial charge in [-0.2, -0.15) is 0 Å². The molecule has 0 amide bonds. The molecule has 17 heavy (non-hydrogen) atoms. The van der Waals surface area contributed by atoms with E-state index in [1.165, 1.54) is 5.56 Å². The number of hydrogen-bond donors (Lipinski definition) is 0. The second-order valence-corrected chi connectivity index (χ2v) is 6.34. The second kappa shape index (κ2) is 5.50. The number of carbonyl (C=O) groups is 1. The van der Waals surface area contributed by atoms with E-state index in [1.54, 1.807) is 24.3 Å².